The van der Waals surface area contributed by atoms with E-state index in [1.165, 1.54) is 21.3 Å². The number of hydrogen-bond donors (Lipinski definition) is 3. The lowest BCUT2D eigenvalue weighted by Gasteiger charge is -2.30. The molecule has 0 amide bonds. The van der Waals surface area contributed by atoms with Crippen molar-refractivity contribution in [2.24, 2.45) is 0 Å². The number of nitrogen functional groups attached to an aromatic ring is 1. The maximum atomic E-state index is 13.7. The fourth-order valence-corrected chi connectivity index (χ4v) is 9.92. The Morgan fingerprint density at radius 2 is 1.32 bits per heavy atom. The molecule has 0 radical (unpaired) electrons. The molecule has 59 heavy (non-hydrogen) atoms. The predicted molar refractivity (Wildman–Crippen MR) is 227 cm³/mol. The van der Waals surface area contributed by atoms with E-state index >= 15 is 0 Å². The molecule has 16 nitrogen and oxygen atoms in total. The highest BCUT2D eigenvalue weighted by Crippen LogP contribution is 2.34. The molecule has 1 saturated heterocycles. The van der Waals surface area contributed by atoms with E-state index in [4.69, 9.17) is 20.3 Å². The van der Waals surface area contributed by atoms with E-state index in [-0.39, 0.29) is 28.7 Å². The smallest absolute Gasteiger partial charge is 0.350 e. The van der Waals surface area contributed by atoms with Crippen LogP contribution in [0.5, 0.6) is 0 Å². The van der Waals surface area contributed by atoms with Crippen LogP contribution in [0, 0.1) is 13.8 Å². The molecule has 318 valence electrons. The van der Waals surface area contributed by atoms with Gasteiger partial charge in [-0.2, -0.15) is 8.61 Å². The minimum atomic E-state index is -4.16. The van der Waals surface area contributed by atoms with Gasteiger partial charge in [-0.15, -0.1) is 0 Å². The van der Waals surface area contributed by atoms with Crippen molar-refractivity contribution in [1.82, 2.24) is 33.0 Å². The van der Waals surface area contributed by atoms with Crippen molar-refractivity contribution in [3.8, 4) is 0 Å². The molecule has 19 heteroatoms. The maximum absolute atomic E-state index is 13.7. The monoisotopic (exact) mass is 868 g/mol. The number of imidazole rings is 1. The summed E-state index contributed by atoms with van der Waals surface area (Å²) in [7, 11) is -11.8. The summed E-state index contributed by atoms with van der Waals surface area (Å²) in [4.78, 5) is 32.2. The molecule has 1 aliphatic heterocycles. The molecule has 2 aromatic heterocycles. The van der Waals surface area contributed by atoms with E-state index in [1.807, 2.05) is 32.0 Å². The summed E-state index contributed by atoms with van der Waals surface area (Å²) in [6, 6.07) is 23.8. The number of nitrogens with two attached hydrogens (primary N) is 1. The van der Waals surface area contributed by atoms with Crippen LogP contribution in [-0.4, -0.2) is 111 Å². The number of fused-ring (bicyclic) bond motifs is 1. The average molecular weight is 869 g/mol. The van der Waals surface area contributed by atoms with Crippen LogP contribution in [-0.2, 0) is 42.4 Å². The zero-order chi connectivity index (χ0) is 42.8. The van der Waals surface area contributed by atoms with E-state index in [0.29, 0.717) is 68.8 Å². The van der Waals surface area contributed by atoms with Gasteiger partial charge in [0.1, 0.15) is 18.2 Å². The summed E-state index contributed by atoms with van der Waals surface area (Å²) < 4.78 is 75.2. The number of sulfonamides is 2. The number of aromatic nitrogens is 4. The van der Waals surface area contributed by atoms with E-state index in [1.54, 1.807) is 60.0 Å². The van der Waals surface area contributed by atoms with Crippen LogP contribution >= 0.6 is 7.60 Å². The van der Waals surface area contributed by atoms with Crippen LogP contribution in [0.2, 0.25) is 0 Å². The van der Waals surface area contributed by atoms with Crippen molar-refractivity contribution in [3.63, 3.8) is 0 Å². The largest absolute Gasteiger partial charge is 0.382 e. The van der Waals surface area contributed by atoms with Crippen molar-refractivity contribution < 1.29 is 35.9 Å². The van der Waals surface area contributed by atoms with Gasteiger partial charge in [-0.1, -0.05) is 72.3 Å². The van der Waals surface area contributed by atoms with E-state index in [0.717, 1.165) is 16.7 Å². The Hall–Kier alpha value is -4.36. The van der Waals surface area contributed by atoms with Crippen LogP contribution in [0.1, 0.15) is 36.5 Å². The van der Waals surface area contributed by atoms with Crippen molar-refractivity contribution in [2.75, 3.05) is 51.4 Å². The Balaban J connectivity index is 0.000000290. The summed E-state index contributed by atoms with van der Waals surface area (Å²) >= 11 is 0. The van der Waals surface area contributed by atoms with Gasteiger partial charge in [0.05, 0.1) is 28.8 Å². The highest BCUT2D eigenvalue weighted by molar-refractivity contribution is 7.89. The van der Waals surface area contributed by atoms with E-state index < -0.39 is 40.1 Å². The van der Waals surface area contributed by atoms with Gasteiger partial charge in [0, 0.05) is 32.7 Å². The Morgan fingerprint density at radius 1 is 0.797 bits per heavy atom. The van der Waals surface area contributed by atoms with Crippen LogP contribution in [0.15, 0.2) is 113 Å². The minimum absolute atomic E-state index is 0.0504. The normalized spacial score (nSPS) is 16.5. The Kier molecular flexibility index (Phi) is 15.7. The first-order valence-electron chi connectivity index (χ1n) is 19.1. The Morgan fingerprint density at radius 3 is 1.83 bits per heavy atom. The van der Waals surface area contributed by atoms with Gasteiger partial charge in [-0.25, -0.2) is 31.8 Å². The van der Waals surface area contributed by atoms with Crippen LogP contribution < -0.4 is 5.73 Å². The van der Waals surface area contributed by atoms with E-state index in [9.17, 15) is 21.4 Å². The van der Waals surface area contributed by atoms with Crippen LogP contribution in [0.25, 0.3) is 11.2 Å². The lowest BCUT2D eigenvalue weighted by atomic mass is 10.2. The van der Waals surface area contributed by atoms with Gasteiger partial charge >= 0.3 is 7.60 Å². The zero-order valence-corrected chi connectivity index (χ0v) is 36.1. The molecular weight excluding hydrogens is 816 g/mol. The quantitative estimate of drug-likeness (QED) is 0.121. The standard InChI is InChI=1S/C31H39N3O4S2.C9H14N5O4P/c1-26-11-15-30(16-12-26)39(35,36)33-21-7-19-32(25-29-9-5-4-6-10-29)20-8-22-34(24-28(3)23-33)40(37,38)31-17-13-27(2)14-18-31;1-6(18-5-19(15,16)17)2-14-4-13-7-8(10)11-3-12-9(7)14/h4-6,9-18H,3,7-8,19-25H2,1-2H3;3-4,6H,2,5H2,1H3,(H2,10,11,12)(H2,15,16,17)/t;6-/m.1/s1. The van der Waals surface area contributed by atoms with Crippen molar-refractivity contribution in [1.29, 1.82) is 0 Å². The minimum Gasteiger partial charge on any atom is -0.382 e. The van der Waals surface area contributed by atoms with Gasteiger partial charge in [-0.05, 0) is 82.1 Å². The van der Waals surface area contributed by atoms with Gasteiger partial charge < -0.3 is 24.8 Å². The lowest BCUT2D eigenvalue weighted by molar-refractivity contribution is 0.0764. The molecule has 0 spiro atoms. The maximum Gasteiger partial charge on any atom is 0.350 e. The molecule has 0 saturated carbocycles. The van der Waals surface area contributed by atoms with Crippen molar-refractivity contribution >= 4 is 44.6 Å². The first kappa shape index (κ1) is 45.7. The first-order chi connectivity index (χ1) is 27.9. The second kappa shape index (κ2) is 20.3. The number of benzene rings is 3. The molecule has 1 fully saturated rings. The zero-order valence-electron chi connectivity index (χ0n) is 33.5. The second-order valence-electron chi connectivity index (χ2n) is 14.6. The summed E-state index contributed by atoms with van der Waals surface area (Å²) in [5, 5.41) is 0. The topological polar surface area (TPSA) is 214 Å². The number of ether oxygens (including phenoxy) is 1. The summed E-state index contributed by atoms with van der Waals surface area (Å²) in [5.74, 6) is 0.285. The average Bonchev–Trinajstić information content (AvgIpc) is 3.60. The molecule has 6 rings (SSSR count). The molecule has 0 unspecified atom stereocenters. The number of nitrogens with zero attached hydrogens (tertiary/aromatic N) is 7. The molecule has 0 bridgehead atoms. The Bertz CT molecular complexity index is 2340. The lowest BCUT2D eigenvalue weighted by Crippen LogP contribution is -2.41. The summed E-state index contributed by atoms with van der Waals surface area (Å²) in [6.07, 6.45) is 3.15. The predicted octanol–water partition coefficient (Wildman–Crippen LogP) is 4.79. The van der Waals surface area contributed by atoms with Crippen LogP contribution in [0.3, 0.4) is 0 Å². The SMILES string of the molecule is C=C1CN(S(=O)(=O)c2ccc(C)cc2)CCCN(Cc2ccccc2)CCCN(S(=O)(=O)c2ccc(C)cc2)C1.C[C@H](Cn1cnc2c(N)ncnc21)OCP(=O)(O)O. The van der Waals surface area contributed by atoms with Gasteiger partial charge in [0.2, 0.25) is 20.0 Å². The van der Waals surface area contributed by atoms with Gasteiger partial charge in [0.15, 0.2) is 11.5 Å². The van der Waals surface area contributed by atoms with E-state index in [2.05, 4.69) is 38.6 Å². The molecule has 3 heterocycles. The fourth-order valence-electron chi connectivity index (χ4n) is 6.48. The molecule has 1 atom stereocenters. The summed E-state index contributed by atoms with van der Waals surface area (Å²) in [6.45, 7) is 12.8. The molecule has 5 aromatic rings. The molecule has 3 aromatic carbocycles. The number of anilines is 1. The number of hydrogen-bond acceptors (Lipinski definition) is 11. The number of rotatable bonds is 11. The molecule has 0 aliphatic carbocycles. The van der Waals surface area contributed by atoms with Gasteiger partial charge in [0.25, 0.3) is 0 Å². The molecular formula is C40H53N8O8PS2. The van der Waals surface area contributed by atoms with Crippen molar-refractivity contribution in [3.05, 3.63) is 120 Å². The fraction of sp³-hybridized carbons (Fsp3) is 0.375. The Labute approximate surface area is 346 Å². The third-order valence-electron chi connectivity index (χ3n) is 9.54. The highest BCUT2D eigenvalue weighted by atomic mass is 32.2. The summed E-state index contributed by atoms with van der Waals surface area (Å²) in [5.41, 5.74) is 10.4. The third kappa shape index (κ3) is 13.1. The molecule has 4 N–H and O–H groups in total. The first-order valence-corrected chi connectivity index (χ1v) is 23.7. The number of aryl methyl sites for hydroxylation is 2. The van der Waals surface area contributed by atoms with Gasteiger partial charge in [-0.3, -0.25) is 9.46 Å². The second-order valence-corrected chi connectivity index (χ2v) is 20.1. The third-order valence-corrected chi connectivity index (χ3v) is 13.7. The van der Waals surface area contributed by atoms with Crippen LogP contribution in [0.4, 0.5) is 5.82 Å². The highest BCUT2D eigenvalue weighted by Gasteiger charge is 2.29. The molecule has 1 aliphatic rings. The van der Waals surface area contributed by atoms with Crippen molar-refractivity contribution in [2.45, 2.75) is 62.6 Å².